The first kappa shape index (κ1) is 19.2. The van der Waals surface area contributed by atoms with Gasteiger partial charge in [0.2, 0.25) is 5.91 Å². The molecule has 1 amide bonds. The standard InChI is InChI=1S/C23H26N4O2/c1-17-7-5-10-20(15-17)29-14-12-22(28)24-19-9-6-8-18(16-19)23-26-25-21-11-3-2-4-13-27(21)23/h5-10,15-16H,2-4,11-14H2,1H3,(H,24,28). The second-order valence-corrected chi connectivity index (χ2v) is 7.45. The zero-order valence-corrected chi connectivity index (χ0v) is 16.7. The normalized spacial score (nSPS) is 13.4. The molecule has 0 aliphatic carbocycles. The third kappa shape index (κ3) is 4.83. The van der Waals surface area contributed by atoms with Crippen molar-refractivity contribution in [1.82, 2.24) is 14.8 Å². The van der Waals surface area contributed by atoms with Gasteiger partial charge in [-0.25, -0.2) is 0 Å². The molecule has 0 bridgehead atoms. The van der Waals surface area contributed by atoms with Crippen LogP contribution in [0.2, 0.25) is 0 Å². The summed E-state index contributed by atoms with van der Waals surface area (Å²) < 4.78 is 7.88. The molecule has 150 valence electrons. The number of carbonyl (C=O) groups is 1. The first-order valence-electron chi connectivity index (χ1n) is 10.2. The predicted molar refractivity (Wildman–Crippen MR) is 113 cm³/mol. The molecule has 1 N–H and O–H groups in total. The molecule has 2 aromatic carbocycles. The highest BCUT2D eigenvalue weighted by molar-refractivity contribution is 5.91. The number of hydrogen-bond donors (Lipinski definition) is 1. The number of benzene rings is 2. The van der Waals surface area contributed by atoms with E-state index in [0.29, 0.717) is 13.0 Å². The first-order chi connectivity index (χ1) is 14.2. The van der Waals surface area contributed by atoms with E-state index in [9.17, 15) is 4.79 Å². The van der Waals surface area contributed by atoms with Gasteiger partial charge in [0.25, 0.3) is 0 Å². The van der Waals surface area contributed by atoms with Crippen LogP contribution in [0.3, 0.4) is 0 Å². The van der Waals surface area contributed by atoms with Crippen LogP contribution in [0.1, 0.15) is 37.1 Å². The van der Waals surface area contributed by atoms with Crippen LogP contribution in [0.4, 0.5) is 5.69 Å². The Morgan fingerprint density at radius 1 is 1.10 bits per heavy atom. The minimum atomic E-state index is -0.0742. The van der Waals surface area contributed by atoms with Crippen LogP contribution < -0.4 is 10.1 Å². The van der Waals surface area contributed by atoms with Gasteiger partial charge < -0.3 is 14.6 Å². The summed E-state index contributed by atoms with van der Waals surface area (Å²) >= 11 is 0. The van der Waals surface area contributed by atoms with Crippen LogP contribution in [-0.4, -0.2) is 27.3 Å². The highest BCUT2D eigenvalue weighted by Crippen LogP contribution is 2.25. The summed E-state index contributed by atoms with van der Waals surface area (Å²) in [6, 6.07) is 15.6. The van der Waals surface area contributed by atoms with Crippen molar-refractivity contribution in [3.63, 3.8) is 0 Å². The SMILES string of the molecule is Cc1cccc(OCCC(=O)Nc2cccc(-c3nnc4n3CCCCC4)c2)c1. The largest absolute Gasteiger partial charge is 0.493 e. The zero-order valence-electron chi connectivity index (χ0n) is 16.7. The van der Waals surface area contributed by atoms with E-state index in [0.717, 1.165) is 53.6 Å². The van der Waals surface area contributed by atoms with Crippen LogP contribution in [0.5, 0.6) is 5.75 Å². The molecule has 0 saturated heterocycles. The van der Waals surface area contributed by atoms with Crippen LogP contribution in [0.25, 0.3) is 11.4 Å². The zero-order chi connectivity index (χ0) is 20.1. The van der Waals surface area contributed by atoms with Gasteiger partial charge >= 0.3 is 0 Å². The molecule has 1 aliphatic heterocycles. The number of aromatic nitrogens is 3. The molecule has 0 atom stereocenters. The molecule has 0 saturated carbocycles. The van der Waals surface area contributed by atoms with Gasteiger partial charge in [-0.05, 0) is 49.6 Å². The molecule has 3 aromatic rings. The first-order valence-corrected chi connectivity index (χ1v) is 10.2. The Bertz CT molecular complexity index is 996. The van der Waals surface area contributed by atoms with E-state index in [1.54, 1.807) is 0 Å². The van der Waals surface area contributed by atoms with E-state index in [1.165, 1.54) is 12.8 Å². The number of nitrogens with zero attached hydrogens (tertiary/aromatic N) is 3. The molecule has 0 spiro atoms. The van der Waals surface area contributed by atoms with Gasteiger partial charge in [-0.1, -0.05) is 30.7 Å². The van der Waals surface area contributed by atoms with E-state index in [2.05, 4.69) is 20.1 Å². The van der Waals surface area contributed by atoms with E-state index in [1.807, 2.05) is 55.5 Å². The Balaban J connectivity index is 1.38. The molecular formula is C23H26N4O2. The highest BCUT2D eigenvalue weighted by atomic mass is 16.5. The van der Waals surface area contributed by atoms with Crippen LogP contribution in [0.15, 0.2) is 48.5 Å². The fraction of sp³-hybridized carbons (Fsp3) is 0.348. The van der Waals surface area contributed by atoms with Crippen molar-refractivity contribution in [2.45, 2.75) is 45.6 Å². The number of aryl methyl sites for hydroxylation is 2. The molecule has 1 aliphatic rings. The Morgan fingerprint density at radius 3 is 2.90 bits per heavy atom. The Kier molecular flexibility index (Phi) is 5.89. The van der Waals surface area contributed by atoms with Crippen LogP contribution in [-0.2, 0) is 17.8 Å². The molecule has 6 heteroatoms. The molecule has 2 heterocycles. The third-order valence-electron chi connectivity index (χ3n) is 5.10. The van der Waals surface area contributed by atoms with Crippen molar-refractivity contribution < 1.29 is 9.53 Å². The maximum absolute atomic E-state index is 12.3. The summed E-state index contributed by atoms with van der Waals surface area (Å²) in [5, 5.41) is 11.7. The van der Waals surface area contributed by atoms with E-state index >= 15 is 0 Å². The smallest absolute Gasteiger partial charge is 0.227 e. The number of rotatable bonds is 6. The van der Waals surface area contributed by atoms with Gasteiger partial charge in [-0.3, -0.25) is 4.79 Å². The summed E-state index contributed by atoms with van der Waals surface area (Å²) in [5.41, 5.74) is 2.86. The van der Waals surface area contributed by atoms with E-state index < -0.39 is 0 Å². The van der Waals surface area contributed by atoms with Crippen molar-refractivity contribution in [3.8, 4) is 17.1 Å². The minimum absolute atomic E-state index is 0.0742. The lowest BCUT2D eigenvalue weighted by Gasteiger charge is -2.10. The molecule has 1 aromatic heterocycles. The lowest BCUT2D eigenvalue weighted by Crippen LogP contribution is -2.15. The molecule has 6 nitrogen and oxygen atoms in total. The van der Waals surface area contributed by atoms with Gasteiger partial charge in [0.1, 0.15) is 11.6 Å². The molecule has 4 rings (SSSR count). The third-order valence-corrected chi connectivity index (χ3v) is 5.10. The summed E-state index contributed by atoms with van der Waals surface area (Å²) in [6.45, 7) is 3.30. The van der Waals surface area contributed by atoms with Gasteiger partial charge in [0.05, 0.1) is 13.0 Å². The molecule has 29 heavy (non-hydrogen) atoms. The second-order valence-electron chi connectivity index (χ2n) is 7.45. The van der Waals surface area contributed by atoms with Gasteiger partial charge in [-0.15, -0.1) is 10.2 Å². The summed E-state index contributed by atoms with van der Waals surface area (Å²) in [4.78, 5) is 12.3. The molecule has 0 fully saturated rings. The summed E-state index contributed by atoms with van der Waals surface area (Å²) in [7, 11) is 0. The lowest BCUT2D eigenvalue weighted by molar-refractivity contribution is -0.116. The van der Waals surface area contributed by atoms with Crippen LogP contribution >= 0.6 is 0 Å². The van der Waals surface area contributed by atoms with E-state index in [4.69, 9.17) is 4.74 Å². The second kappa shape index (κ2) is 8.90. The Labute approximate surface area is 170 Å². The fourth-order valence-corrected chi connectivity index (χ4v) is 3.62. The monoisotopic (exact) mass is 390 g/mol. The topological polar surface area (TPSA) is 69.0 Å². The van der Waals surface area contributed by atoms with Crippen molar-refractivity contribution >= 4 is 11.6 Å². The van der Waals surface area contributed by atoms with E-state index in [-0.39, 0.29) is 5.91 Å². The number of ether oxygens (including phenoxy) is 1. The highest BCUT2D eigenvalue weighted by Gasteiger charge is 2.16. The minimum Gasteiger partial charge on any atom is -0.493 e. The number of carbonyl (C=O) groups excluding carboxylic acids is 1. The van der Waals surface area contributed by atoms with Gasteiger partial charge in [0.15, 0.2) is 5.82 Å². The lowest BCUT2D eigenvalue weighted by atomic mass is 10.2. The number of fused-ring (bicyclic) bond motifs is 1. The Hall–Kier alpha value is -3.15. The molecule has 0 radical (unpaired) electrons. The predicted octanol–water partition coefficient (Wildman–Crippen LogP) is 4.39. The van der Waals surface area contributed by atoms with Gasteiger partial charge in [0, 0.05) is 24.2 Å². The Morgan fingerprint density at radius 2 is 2.00 bits per heavy atom. The average Bonchev–Trinajstić information content (AvgIpc) is 2.97. The molecular weight excluding hydrogens is 364 g/mol. The maximum atomic E-state index is 12.3. The fourth-order valence-electron chi connectivity index (χ4n) is 3.62. The van der Waals surface area contributed by atoms with Crippen LogP contribution in [0, 0.1) is 6.92 Å². The number of nitrogens with one attached hydrogen (secondary N) is 1. The summed E-state index contributed by atoms with van der Waals surface area (Å²) in [5.74, 6) is 2.64. The molecule has 0 unspecified atom stereocenters. The summed E-state index contributed by atoms with van der Waals surface area (Å²) in [6.07, 6.45) is 4.81. The quantitative estimate of drug-likeness (QED) is 0.678. The van der Waals surface area contributed by atoms with Gasteiger partial charge in [-0.2, -0.15) is 0 Å². The van der Waals surface area contributed by atoms with Crippen molar-refractivity contribution in [2.24, 2.45) is 0 Å². The van der Waals surface area contributed by atoms with Crippen molar-refractivity contribution in [1.29, 1.82) is 0 Å². The number of anilines is 1. The number of amides is 1. The average molecular weight is 390 g/mol. The number of hydrogen-bond acceptors (Lipinski definition) is 4. The van der Waals surface area contributed by atoms with Crippen molar-refractivity contribution in [2.75, 3.05) is 11.9 Å². The maximum Gasteiger partial charge on any atom is 0.227 e. The van der Waals surface area contributed by atoms with Crippen molar-refractivity contribution in [3.05, 3.63) is 59.9 Å².